The number of hydrogen-bond acceptors (Lipinski definition) is 4. The van der Waals surface area contributed by atoms with Gasteiger partial charge >= 0.3 is 5.97 Å². The second-order valence-corrected chi connectivity index (χ2v) is 2.83. The average molecular weight is 190 g/mol. The van der Waals surface area contributed by atoms with E-state index in [9.17, 15) is 9.90 Å². The Morgan fingerprint density at radius 1 is 1.38 bits per heavy atom. The molecule has 0 saturated carbocycles. The van der Waals surface area contributed by atoms with Gasteiger partial charge in [-0.3, -0.25) is 0 Å². The highest BCUT2D eigenvalue weighted by molar-refractivity contribution is 5.74. The molecule has 0 rings (SSSR count). The van der Waals surface area contributed by atoms with E-state index in [-0.39, 0.29) is 12.5 Å². The zero-order valence-electron chi connectivity index (χ0n) is 8.45. The molecule has 0 spiro atoms. The standard InChI is InChI=1S/C9H18O4/c1-4-12-6-7(3)8(10)9(11)13-5-2/h7-8,10H,4-6H2,1-3H3. The van der Waals surface area contributed by atoms with Gasteiger partial charge in [-0.15, -0.1) is 0 Å². The zero-order chi connectivity index (χ0) is 10.3. The number of hydrogen-bond donors (Lipinski definition) is 1. The number of rotatable bonds is 6. The van der Waals surface area contributed by atoms with Crippen LogP contribution in [0.1, 0.15) is 20.8 Å². The quantitative estimate of drug-likeness (QED) is 0.622. The molecule has 2 unspecified atom stereocenters. The van der Waals surface area contributed by atoms with Gasteiger partial charge in [0.2, 0.25) is 0 Å². The van der Waals surface area contributed by atoms with Crippen LogP contribution in [-0.2, 0) is 14.3 Å². The van der Waals surface area contributed by atoms with Gasteiger partial charge in [0.15, 0.2) is 6.10 Å². The van der Waals surface area contributed by atoms with Crippen LogP contribution in [0.4, 0.5) is 0 Å². The lowest BCUT2D eigenvalue weighted by molar-refractivity contribution is -0.156. The van der Waals surface area contributed by atoms with E-state index in [1.165, 1.54) is 0 Å². The van der Waals surface area contributed by atoms with Crippen LogP contribution in [0.2, 0.25) is 0 Å². The van der Waals surface area contributed by atoms with Crippen molar-refractivity contribution in [3.63, 3.8) is 0 Å². The Morgan fingerprint density at radius 2 is 2.00 bits per heavy atom. The second-order valence-electron chi connectivity index (χ2n) is 2.83. The molecule has 0 saturated heterocycles. The van der Waals surface area contributed by atoms with Crippen LogP contribution in [0.3, 0.4) is 0 Å². The van der Waals surface area contributed by atoms with Crippen LogP contribution < -0.4 is 0 Å². The average Bonchev–Trinajstić information content (AvgIpc) is 2.13. The van der Waals surface area contributed by atoms with Gasteiger partial charge < -0.3 is 14.6 Å². The van der Waals surface area contributed by atoms with Crippen LogP contribution in [0.15, 0.2) is 0 Å². The van der Waals surface area contributed by atoms with E-state index in [2.05, 4.69) is 4.74 Å². The van der Waals surface area contributed by atoms with Crippen LogP contribution in [0.5, 0.6) is 0 Å². The summed E-state index contributed by atoms with van der Waals surface area (Å²) in [5, 5.41) is 9.39. The van der Waals surface area contributed by atoms with E-state index in [1.807, 2.05) is 6.92 Å². The molecule has 1 N–H and O–H groups in total. The van der Waals surface area contributed by atoms with E-state index in [0.29, 0.717) is 13.2 Å². The third-order valence-electron chi connectivity index (χ3n) is 1.65. The van der Waals surface area contributed by atoms with Crippen molar-refractivity contribution >= 4 is 5.97 Å². The minimum Gasteiger partial charge on any atom is -0.464 e. The van der Waals surface area contributed by atoms with Crippen LogP contribution in [0, 0.1) is 5.92 Å². The summed E-state index contributed by atoms with van der Waals surface area (Å²) in [6.45, 7) is 6.56. The van der Waals surface area contributed by atoms with E-state index < -0.39 is 12.1 Å². The molecule has 4 nitrogen and oxygen atoms in total. The minimum absolute atomic E-state index is 0.223. The molecule has 78 valence electrons. The highest BCUT2D eigenvalue weighted by atomic mass is 16.5. The van der Waals surface area contributed by atoms with E-state index in [1.54, 1.807) is 13.8 Å². The van der Waals surface area contributed by atoms with Crippen molar-refractivity contribution < 1.29 is 19.4 Å². The van der Waals surface area contributed by atoms with Gasteiger partial charge in [-0.05, 0) is 13.8 Å². The summed E-state index contributed by atoms with van der Waals surface area (Å²) < 4.78 is 9.74. The number of carbonyl (C=O) groups excluding carboxylic acids is 1. The second kappa shape index (κ2) is 6.86. The fraction of sp³-hybridized carbons (Fsp3) is 0.889. The highest BCUT2D eigenvalue weighted by Crippen LogP contribution is 2.05. The molecule has 0 aromatic carbocycles. The van der Waals surface area contributed by atoms with E-state index >= 15 is 0 Å². The summed E-state index contributed by atoms with van der Waals surface area (Å²) in [5.41, 5.74) is 0. The van der Waals surface area contributed by atoms with Gasteiger partial charge in [0, 0.05) is 12.5 Å². The zero-order valence-corrected chi connectivity index (χ0v) is 8.45. The number of aliphatic hydroxyl groups excluding tert-OH is 1. The molecular weight excluding hydrogens is 172 g/mol. The Morgan fingerprint density at radius 3 is 2.46 bits per heavy atom. The van der Waals surface area contributed by atoms with E-state index in [4.69, 9.17) is 4.74 Å². The summed E-state index contributed by atoms with van der Waals surface area (Å²) in [6.07, 6.45) is -1.08. The van der Waals surface area contributed by atoms with Crippen molar-refractivity contribution in [2.24, 2.45) is 5.92 Å². The first-order chi connectivity index (χ1) is 6.13. The van der Waals surface area contributed by atoms with Gasteiger partial charge in [0.25, 0.3) is 0 Å². The van der Waals surface area contributed by atoms with Gasteiger partial charge in [-0.1, -0.05) is 6.92 Å². The largest absolute Gasteiger partial charge is 0.464 e. The van der Waals surface area contributed by atoms with Crippen LogP contribution in [0.25, 0.3) is 0 Å². The first-order valence-corrected chi connectivity index (χ1v) is 4.55. The molecule has 13 heavy (non-hydrogen) atoms. The highest BCUT2D eigenvalue weighted by Gasteiger charge is 2.23. The Bertz CT molecular complexity index is 147. The Labute approximate surface area is 78.8 Å². The predicted octanol–water partition coefficient (Wildman–Crippen LogP) is 0.583. The third-order valence-corrected chi connectivity index (χ3v) is 1.65. The molecule has 0 heterocycles. The van der Waals surface area contributed by atoms with Gasteiger partial charge in [-0.2, -0.15) is 0 Å². The van der Waals surface area contributed by atoms with Gasteiger partial charge in [0.05, 0.1) is 13.2 Å². The Hall–Kier alpha value is -0.610. The van der Waals surface area contributed by atoms with Gasteiger partial charge in [-0.25, -0.2) is 4.79 Å². The fourth-order valence-electron chi connectivity index (χ4n) is 0.855. The Balaban J connectivity index is 3.79. The first-order valence-electron chi connectivity index (χ1n) is 4.55. The summed E-state index contributed by atoms with van der Waals surface area (Å²) in [6, 6.07) is 0. The maximum absolute atomic E-state index is 11.0. The Kier molecular flexibility index (Phi) is 6.54. The predicted molar refractivity (Wildman–Crippen MR) is 48.3 cm³/mol. The molecule has 0 aromatic heterocycles. The molecule has 0 aliphatic rings. The van der Waals surface area contributed by atoms with Gasteiger partial charge in [0.1, 0.15) is 0 Å². The molecule has 0 aromatic rings. The molecule has 0 fully saturated rings. The maximum atomic E-state index is 11.0. The molecule has 0 amide bonds. The lowest BCUT2D eigenvalue weighted by Gasteiger charge is -2.16. The molecule has 0 bridgehead atoms. The lowest BCUT2D eigenvalue weighted by Crippen LogP contribution is -2.32. The molecule has 4 heteroatoms. The van der Waals surface area contributed by atoms with Crippen LogP contribution >= 0.6 is 0 Å². The van der Waals surface area contributed by atoms with Crippen molar-refractivity contribution in [2.75, 3.05) is 19.8 Å². The first kappa shape index (κ1) is 12.4. The van der Waals surface area contributed by atoms with Crippen LogP contribution in [-0.4, -0.2) is 37.0 Å². The maximum Gasteiger partial charge on any atom is 0.335 e. The smallest absolute Gasteiger partial charge is 0.335 e. The van der Waals surface area contributed by atoms with Crippen molar-refractivity contribution in [2.45, 2.75) is 26.9 Å². The summed E-state index contributed by atoms with van der Waals surface area (Å²) >= 11 is 0. The molecule has 2 atom stereocenters. The lowest BCUT2D eigenvalue weighted by atomic mass is 10.1. The SMILES string of the molecule is CCOCC(C)C(O)C(=O)OCC. The normalized spacial score (nSPS) is 15.1. The number of esters is 1. The van der Waals surface area contributed by atoms with Crippen molar-refractivity contribution in [3.8, 4) is 0 Å². The molecular formula is C9H18O4. The minimum atomic E-state index is -1.08. The van der Waals surface area contributed by atoms with E-state index in [0.717, 1.165) is 0 Å². The summed E-state index contributed by atoms with van der Waals surface area (Å²) in [4.78, 5) is 11.0. The monoisotopic (exact) mass is 190 g/mol. The summed E-state index contributed by atoms with van der Waals surface area (Å²) in [7, 11) is 0. The molecule has 0 aliphatic carbocycles. The fourth-order valence-corrected chi connectivity index (χ4v) is 0.855. The number of carbonyl (C=O) groups is 1. The van der Waals surface area contributed by atoms with Crippen molar-refractivity contribution in [1.82, 2.24) is 0 Å². The number of ether oxygens (including phenoxy) is 2. The third kappa shape index (κ3) is 4.85. The van der Waals surface area contributed by atoms with Crippen molar-refractivity contribution in [1.29, 1.82) is 0 Å². The number of aliphatic hydroxyl groups is 1. The molecule has 0 aliphatic heterocycles. The molecule has 0 radical (unpaired) electrons. The summed E-state index contributed by atoms with van der Waals surface area (Å²) in [5.74, 6) is -0.797. The topological polar surface area (TPSA) is 55.8 Å². The van der Waals surface area contributed by atoms with Crippen molar-refractivity contribution in [3.05, 3.63) is 0 Å².